The normalized spacial score (nSPS) is 48.4. The van der Waals surface area contributed by atoms with Gasteiger partial charge in [-0.15, -0.1) is 0 Å². The summed E-state index contributed by atoms with van der Waals surface area (Å²) < 4.78 is 24.3. The molecule has 0 amide bonds. The molecule has 2 saturated heterocycles. The first-order valence-electron chi connectivity index (χ1n) is 11.7. The highest BCUT2D eigenvalue weighted by molar-refractivity contribution is 6.49. The molecule has 5 rings (SSSR count). The van der Waals surface area contributed by atoms with Crippen molar-refractivity contribution in [3.63, 3.8) is 0 Å². The minimum Gasteiger partial charge on any atom is -0.379 e. The molecule has 3 saturated carbocycles. The molecule has 6 nitrogen and oxygen atoms in total. The number of aldehydes is 1. The second kappa shape index (κ2) is 7.68. The Labute approximate surface area is 180 Å². The molecule has 30 heavy (non-hydrogen) atoms. The van der Waals surface area contributed by atoms with Gasteiger partial charge in [0.15, 0.2) is 5.79 Å². The highest BCUT2D eigenvalue weighted by Crippen LogP contribution is 2.69. The van der Waals surface area contributed by atoms with Crippen molar-refractivity contribution in [1.82, 2.24) is 0 Å². The molecule has 6 atom stereocenters. The molecule has 7 heteroatoms. The third kappa shape index (κ3) is 2.71. The van der Waals surface area contributed by atoms with Crippen LogP contribution in [0.25, 0.3) is 0 Å². The minimum atomic E-state index is -0.607. The zero-order valence-electron chi connectivity index (χ0n) is 18.1. The lowest BCUT2D eigenvalue weighted by Crippen LogP contribution is -2.64. The second-order valence-electron chi connectivity index (χ2n) is 10.2. The van der Waals surface area contributed by atoms with E-state index in [0.717, 1.165) is 38.5 Å². The molecule has 0 aromatic rings. The van der Waals surface area contributed by atoms with Crippen LogP contribution in [-0.4, -0.2) is 71.2 Å². The van der Waals surface area contributed by atoms with Gasteiger partial charge in [0.05, 0.1) is 44.0 Å². The van der Waals surface area contributed by atoms with Gasteiger partial charge in [-0.05, 0) is 56.3 Å². The molecule has 2 radical (unpaired) electrons. The monoisotopic (exact) mass is 415 g/mol. The molecule has 1 spiro atoms. The van der Waals surface area contributed by atoms with Gasteiger partial charge in [-0.3, -0.25) is 4.99 Å². The zero-order chi connectivity index (χ0) is 20.9. The lowest BCUT2D eigenvalue weighted by molar-refractivity contribution is -0.246. The number of aliphatic imine (C=N–C) groups is 1. The summed E-state index contributed by atoms with van der Waals surface area (Å²) in [6, 6.07) is 0. The van der Waals surface area contributed by atoms with Gasteiger partial charge in [-0.1, -0.05) is 13.0 Å². The van der Waals surface area contributed by atoms with E-state index in [0.29, 0.717) is 57.9 Å². The van der Waals surface area contributed by atoms with Crippen molar-refractivity contribution in [2.24, 2.45) is 33.6 Å². The van der Waals surface area contributed by atoms with Crippen LogP contribution in [0.5, 0.6) is 0 Å². The molecule has 5 fully saturated rings. The second-order valence-corrected chi connectivity index (χ2v) is 10.2. The molecular weight excluding hydrogens is 381 g/mol. The van der Waals surface area contributed by atoms with E-state index in [-0.39, 0.29) is 11.3 Å². The largest absolute Gasteiger partial charge is 0.379 e. The summed E-state index contributed by atoms with van der Waals surface area (Å²) in [7, 11) is 5.83. The summed E-state index contributed by atoms with van der Waals surface area (Å²) in [4.78, 5) is 17.8. The molecule has 0 aromatic heterocycles. The summed E-state index contributed by atoms with van der Waals surface area (Å²) in [5.41, 5.74) is -1.19. The SMILES string of the molecule is [B]C=N[C@]12CC[C@H]3[C@@H]4CCC5(OCCO5)[C@@]4(C)CC[C@@H]3[C@@]1(C=O)CCOCCOC2. The zero-order valence-corrected chi connectivity index (χ0v) is 18.1. The van der Waals surface area contributed by atoms with Crippen molar-refractivity contribution < 1.29 is 23.7 Å². The highest BCUT2D eigenvalue weighted by atomic mass is 16.7. The van der Waals surface area contributed by atoms with E-state index in [4.69, 9.17) is 31.8 Å². The number of nitrogens with zero attached hydrogens (tertiary/aromatic N) is 1. The third-order valence-electron chi connectivity index (χ3n) is 9.56. The molecule has 0 aromatic carbocycles. The first kappa shape index (κ1) is 21.1. The fourth-order valence-corrected chi connectivity index (χ4v) is 8.15. The van der Waals surface area contributed by atoms with E-state index in [1.807, 2.05) is 0 Å². The van der Waals surface area contributed by atoms with Crippen LogP contribution in [0.4, 0.5) is 0 Å². The molecule has 2 aliphatic heterocycles. The maximum Gasteiger partial charge on any atom is 0.174 e. The molecule has 2 heterocycles. The maximum atomic E-state index is 13.0. The third-order valence-corrected chi connectivity index (χ3v) is 9.56. The van der Waals surface area contributed by atoms with Crippen molar-refractivity contribution in [1.29, 1.82) is 0 Å². The van der Waals surface area contributed by atoms with E-state index in [1.165, 1.54) is 12.4 Å². The van der Waals surface area contributed by atoms with Crippen molar-refractivity contribution in [3.8, 4) is 0 Å². The summed E-state index contributed by atoms with van der Waals surface area (Å²) >= 11 is 0. The minimum absolute atomic E-state index is 0.0113. The van der Waals surface area contributed by atoms with Crippen LogP contribution < -0.4 is 0 Å². The fourth-order valence-electron chi connectivity index (χ4n) is 8.15. The Morgan fingerprint density at radius 1 is 0.900 bits per heavy atom. The maximum absolute atomic E-state index is 13.0. The van der Waals surface area contributed by atoms with Crippen LogP contribution >= 0.6 is 0 Å². The van der Waals surface area contributed by atoms with Crippen molar-refractivity contribution in [2.45, 2.75) is 63.2 Å². The van der Waals surface area contributed by atoms with E-state index in [9.17, 15) is 4.79 Å². The van der Waals surface area contributed by atoms with Crippen molar-refractivity contribution >= 4 is 20.2 Å². The smallest absolute Gasteiger partial charge is 0.174 e. The number of fused-ring (bicyclic) bond motifs is 6. The summed E-state index contributed by atoms with van der Waals surface area (Å²) in [5.74, 6) is 0.793. The Kier molecular flexibility index (Phi) is 5.40. The van der Waals surface area contributed by atoms with Crippen LogP contribution in [0.2, 0.25) is 0 Å². The van der Waals surface area contributed by atoms with Crippen molar-refractivity contribution in [3.05, 3.63) is 0 Å². The van der Waals surface area contributed by atoms with Gasteiger partial charge in [-0.2, -0.15) is 0 Å². The first-order chi connectivity index (χ1) is 14.6. The highest BCUT2D eigenvalue weighted by Gasteiger charge is 2.70. The number of ether oxygens (including phenoxy) is 4. The number of hydrogen-bond donors (Lipinski definition) is 0. The quantitative estimate of drug-likeness (QED) is 0.394. The average molecular weight is 415 g/mol. The van der Waals surface area contributed by atoms with E-state index < -0.39 is 16.7 Å². The van der Waals surface area contributed by atoms with Crippen LogP contribution in [-0.2, 0) is 23.7 Å². The Hall–Kier alpha value is -0.755. The van der Waals surface area contributed by atoms with Crippen LogP contribution in [0, 0.1) is 28.6 Å². The van der Waals surface area contributed by atoms with Gasteiger partial charge >= 0.3 is 0 Å². The predicted molar refractivity (Wildman–Crippen MR) is 113 cm³/mol. The topological polar surface area (TPSA) is 66.4 Å². The lowest BCUT2D eigenvalue weighted by Gasteiger charge is -2.61. The molecule has 164 valence electrons. The lowest BCUT2D eigenvalue weighted by atomic mass is 9.44. The number of carbonyl (C=O) groups excluding carboxylic acids is 1. The summed E-state index contributed by atoms with van der Waals surface area (Å²) in [6.07, 6.45) is 9.19. The first-order valence-corrected chi connectivity index (χ1v) is 11.7. The standard InChI is InChI=1S/C23H34BNO5/c1-20-5-3-19-17(18(20)4-7-23(20)29-12-13-30-23)2-6-22(25-16-24)15-28-11-10-27-9-8-21(19,22)14-26/h14,16-19H,2-13,15H2,1H3/t17-,18-,19-,20-,21-,22-/m0/s1. The molecule has 3 aliphatic carbocycles. The number of carbonyl (C=O) groups is 1. The Morgan fingerprint density at radius 2 is 1.67 bits per heavy atom. The molecular formula is C23H34BNO5. The van der Waals surface area contributed by atoms with E-state index in [1.54, 1.807) is 0 Å². The average Bonchev–Trinajstić information content (AvgIpc) is 3.36. The van der Waals surface area contributed by atoms with Gasteiger partial charge in [0.25, 0.3) is 0 Å². The Bertz CT molecular complexity index is 697. The molecule has 0 bridgehead atoms. The van der Waals surface area contributed by atoms with Gasteiger partial charge in [0.2, 0.25) is 0 Å². The van der Waals surface area contributed by atoms with Crippen LogP contribution in [0.1, 0.15) is 51.9 Å². The van der Waals surface area contributed by atoms with Gasteiger partial charge in [-0.25, -0.2) is 0 Å². The number of hydrogen-bond acceptors (Lipinski definition) is 6. The van der Waals surface area contributed by atoms with E-state index >= 15 is 0 Å². The fraction of sp³-hybridized carbons (Fsp3) is 0.913. The molecule has 0 unspecified atom stereocenters. The van der Waals surface area contributed by atoms with E-state index in [2.05, 4.69) is 6.92 Å². The van der Waals surface area contributed by atoms with Crippen LogP contribution in [0.3, 0.4) is 0 Å². The Morgan fingerprint density at radius 3 is 2.43 bits per heavy atom. The van der Waals surface area contributed by atoms with Gasteiger partial charge < -0.3 is 23.7 Å². The Balaban J connectivity index is 1.54. The molecule has 0 N–H and O–H groups in total. The summed E-state index contributed by atoms with van der Waals surface area (Å²) in [6.45, 7) is 5.84. The number of rotatable bonds is 2. The summed E-state index contributed by atoms with van der Waals surface area (Å²) in [5, 5.41) is 0. The van der Waals surface area contributed by atoms with Crippen molar-refractivity contribution in [2.75, 3.05) is 39.6 Å². The molecule has 5 aliphatic rings. The van der Waals surface area contributed by atoms with Gasteiger partial charge in [0.1, 0.15) is 14.1 Å². The van der Waals surface area contributed by atoms with Gasteiger partial charge in [0, 0.05) is 18.4 Å². The van der Waals surface area contributed by atoms with Crippen LogP contribution in [0.15, 0.2) is 4.99 Å². The predicted octanol–water partition coefficient (Wildman–Crippen LogP) is 2.52.